The number of fused-ring (bicyclic) bond motifs is 2. The summed E-state index contributed by atoms with van der Waals surface area (Å²) in [6.45, 7) is 0.539. The van der Waals surface area contributed by atoms with Crippen LogP contribution >= 0.6 is 0 Å². The van der Waals surface area contributed by atoms with Crippen LogP contribution in [0.25, 0.3) is 44.3 Å². The van der Waals surface area contributed by atoms with E-state index in [0.29, 0.717) is 24.2 Å². The topological polar surface area (TPSA) is 144 Å². The maximum absolute atomic E-state index is 14.5. The molecule has 50 heavy (non-hydrogen) atoms. The van der Waals surface area contributed by atoms with Crippen LogP contribution in [0.2, 0.25) is 0 Å². The van der Waals surface area contributed by atoms with E-state index in [1.54, 1.807) is 6.07 Å². The van der Waals surface area contributed by atoms with Crippen LogP contribution in [0.3, 0.4) is 0 Å². The number of anilines is 2. The molecule has 0 unspecified atom stereocenters. The number of piperidine rings is 1. The lowest BCUT2D eigenvalue weighted by Gasteiger charge is -2.41. The Morgan fingerprint density at radius 2 is 1.20 bits per heavy atom. The Balaban J connectivity index is 1.06. The van der Waals surface area contributed by atoms with Gasteiger partial charge in [0.25, 0.3) is 10.0 Å². The Hall–Kier alpha value is -4.72. The van der Waals surface area contributed by atoms with E-state index in [4.69, 9.17) is 0 Å². The van der Waals surface area contributed by atoms with E-state index < -0.39 is 30.5 Å². The smallest absolute Gasteiger partial charge is 0.251 e. The molecule has 6 aromatic rings. The van der Waals surface area contributed by atoms with Crippen molar-refractivity contribution in [3.05, 3.63) is 97.1 Å². The van der Waals surface area contributed by atoms with E-state index in [1.807, 2.05) is 96.0 Å². The van der Waals surface area contributed by atoms with Crippen LogP contribution in [0.15, 0.2) is 97.1 Å². The molecule has 0 amide bonds. The van der Waals surface area contributed by atoms with Crippen molar-refractivity contribution in [3.63, 3.8) is 0 Å². The third kappa shape index (κ3) is 6.14. The molecule has 2 aliphatic rings. The maximum atomic E-state index is 14.5. The zero-order valence-corrected chi connectivity index (χ0v) is 29.1. The Bertz CT molecular complexity index is 2350. The van der Waals surface area contributed by atoms with Gasteiger partial charge >= 0.3 is 0 Å². The quantitative estimate of drug-likeness (QED) is 0.146. The number of H-pyrrole nitrogens is 2. The molecule has 0 radical (unpaired) electrons. The molecule has 0 bridgehead atoms. The number of aromatic amines is 2. The lowest BCUT2D eigenvalue weighted by Crippen LogP contribution is -2.54. The molecular formula is C37H39N7O4S2. The van der Waals surface area contributed by atoms with Gasteiger partial charge in [0.2, 0.25) is 10.0 Å². The van der Waals surface area contributed by atoms with Crippen LogP contribution in [-0.4, -0.2) is 65.8 Å². The molecule has 258 valence electrons. The minimum atomic E-state index is -3.80. The number of nitrogens with zero attached hydrogens (tertiary/aromatic N) is 4. The number of rotatable bonds is 9. The van der Waals surface area contributed by atoms with Crippen LogP contribution in [-0.2, 0) is 20.0 Å². The molecular weight excluding hydrogens is 671 g/mol. The number of benzene rings is 4. The largest absolute Gasteiger partial charge is 0.283 e. The second-order valence-corrected chi connectivity index (χ2v) is 17.2. The van der Waals surface area contributed by atoms with Crippen molar-refractivity contribution in [1.29, 1.82) is 0 Å². The number of sulfonamides is 2. The van der Waals surface area contributed by atoms with Gasteiger partial charge in [0.1, 0.15) is 0 Å². The molecule has 4 aromatic carbocycles. The standard InChI is InChI=1S/C37H39N7O4S2/c45-49(46,42-28-16-18-34-32(24-28)36(40-38-34)26-10-4-1-5-11-26)30-20-22-43(23-21-30)44(50(47,48)31-14-8-3-9-15-31)29-17-19-35-33(25-29)37(41-39-35)27-12-6-2-7-13-27/h1-2,4-7,10-13,16-19,24-25,30-31,42H,3,8-9,14-15,20-23H2,(H,38,40)(H,39,41). The fraction of sp³-hybridized carbons (Fsp3) is 0.297. The Morgan fingerprint density at radius 1 is 0.640 bits per heavy atom. The second kappa shape index (κ2) is 13.2. The van der Waals surface area contributed by atoms with Gasteiger partial charge in [0.15, 0.2) is 0 Å². The maximum Gasteiger partial charge on any atom is 0.251 e. The minimum Gasteiger partial charge on any atom is -0.283 e. The van der Waals surface area contributed by atoms with Gasteiger partial charge in [-0.25, -0.2) is 21.8 Å². The molecule has 1 aliphatic carbocycles. The van der Waals surface area contributed by atoms with E-state index in [1.165, 1.54) is 4.41 Å². The molecule has 0 spiro atoms. The Morgan fingerprint density at radius 3 is 1.80 bits per heavy atom. The Kier molecular flexibility index (Phi) is 8.57. The van der Waals surface area contributed by atoms with Gasteiger partial charge in [0.05, 0.1) is 38.6 Å². The summed E-state index contributed by atoms with van der Waals surface area (Å²) in [5.41, 5.74) is 5.97. The van der Waals surface area contributed by atoms with E-state index in [9.17, 15) is 16.8 Å². The lowest BCUT2D eigenvalue weighted by atomic mass is 10.0. The number of aromatic nitrogens is 4. The van der Waals surface area contributed by atoms with Crippen molar-refractivity contribution < 1.29 is 16.8 Å². The molecule has 1 saturated carbocycles. The first-order chi connectivity index (χ1) is 24.3. The van der Waals surface area contributed by atoms with E-state index >= 15 is 0 Å². The summed E-state index contributed by atoms with van der Waals surface area (Å²) in [5, 5.41) is 17.4. The van der Waals surface area contributed by atoms with Gasteiger partial charge < -0.3 is 0 Å². The van der Waals surface area contributed by atoms with Crippen molar-refractivity contribution in [3.8, 4) is 22.5 Å². The normalized spacial score (nSPS) is 17.0. The van der Waals surface area contributed by atoms with Crippen LogP contribution < -0.4 is 9.14 Å². The summed E-state index contributed by atoms with van der Waals surface area (Å²) in [6, 6.07) is 30.5. The molecule has 1 aliphatic heterocycles. The molecule has 11 nitrogen and oxygen atoms in total. The third-order valence-corrected chi connectivity index (χ3v) is 14.1. The Labute approximate surface area is 291 Å². The first kappa shape index (κ1) is 32.5. The number of hydrogen-bond acceptors (Lipinski definition) is 7. The van der Waals surface area contributed by atoms with Crippen molar-refractivity contribution in [2.24, 2.45) is 0 Å². The van der Waals surface area contributed by atoms with Gasteiger partial charge in [-0.1, -0.05) is 79.9 Å². The molecule has 13 heteroatoms. The highest BCUT2D eigenvalue weighted by Crippen LogP contribution is 2.36. The molecule has 2 aromatic heterocycles. The zero-order valence-electron chi connectivity index (χ0n) is 27.5. The summed E-state index contributed by atoms with van der Waals surface area (Å²) in [6.07, 6.45) is 4.57. The highest BCUT2D eigenvalue weighted by Gasteiger charge is 2.40. The van der Waals surface area contributed by atoms with E-state index in [2.05, 4.69) is 25.1 Å². The minimum absolute atomic E-state index is 0.269. The predicted molar refractivity (Wildman–Crippen MR) is 198 cm³/mol. The fourth-order valence-corrected chi connectivity index (χ4v) is 10.9. The van der Waals surface area contributed by atoms with Gasteiger partial charge in [0, 0.05) is 40.7 Å². The van der Waals surface area contributed by atoms with Crippen molar-refractivity contribution in [1.82, 2.24) is 25.4 Å². The summed E-state index contributed by atoms with van der Waals surface area (Å²) in [4.78, 5) is 0. The van der Waals surface area contributed by atoms with Crippen LogP contribution in [0.4, 0.5) is 11.4 Å². The van der Waals surface area contributed by atoms with Crippen LogP contribution in [0.1, 0.15) is 44.9 Å². The van der Waals surface area contributed by atoms with Gasteiger partial charge in [-0.05, 0) is 62.1 Å². The highest BCUT2D eigenvalue weighted by atomic mass is 32.2. The molecule has 8 rings (SSSR count). The van der Waals surface area contributed by atoms with Gasteiger partial charge in [-0.3, -0.25) is 14.9 Å². The molecule has 1 saturated heterocycles. The fourth-order valence-electron chi connectivity index (χ4n) is 7.39. The molecule has 2 fully saturated rings. The number of hydrazine groups is 1. The molecule has 3 heterocycles. The third-order valence-electron chi connectivity index (χ3n) is 10.0. The summed E-state index contributed by atoms with van der Waals surface area (Å²) >= 11 is 0. The monoisotopic (exact) mass is 709 g/mol. The van der Waals surface area contributed by atoms with Crippen molar-refractivity contribution >= 4 is 53.2 Å². The van der Waals surface area contributed by atoms with E-state index in [0.717, 1.165) is 63.6 Å². The van der Waals surface area contributed by atoms with Crippen molar-refractivity contribution in [2.45, 2.75) is 55.4 Å². The summed E-state index contributed by atoms with van der Waals surface area (Å²) in [5.74, 6) is 0. The first-order valence-corrected chi connectivity index (χ1v) is 20.2. The first-order valence-electron chi connectivity index (χ1n) is 17.2. The highest BCUT2D eigenvalue weighted by molar-refractivity contribution is 7.93. The second-order valence-electron chi connectivity index (χ2n) is 13.2. The van der Waals surface area contributed by atoms with Crippen molar-refractivity contribution in [2.75, 3.05) is 22.2 Å². The summed E-state index contributed by atoms with van der Waals surface area (Å²) < 4.78 is 60.8. The number of hydrogen-bond donors (Lipinski definition) is 3. The van der Waals surface area contributed by atoms with Gasteiger partial charge in [-0.15, -0.1) is 0 Å². The molecule has 0 atom stereocenters. The lowest BCUT2D eigenvalue weighted by molar-refractivity contribution is 0.240. The average molecular weight is 710 g/mol. The number of nitrogens with one attached hydrogen (secondary N) is 3. The predicted octanol–water partition coefficient (Wildman–Crippen LogP) is 7.06. The molecule has 3 N–H and O–H groups in total. The van der Waals surface area contributed by atoms with E-state index in [-0.39, 0.29) is 25.9 Å². The summed E-state index contributed by atoms with van der Waals surface area (Å²) in [7, 11) is -7.58. The average Bonchev–Trinajstić information content (AvgIpc) is 3.77. The SMILES string of the molecule is O=S(=O)(Nc1ccc2[nH]nc(-c3ccccc3)c2c1)C1CCN(N(c2ccc3[nH]nc(-c4ccccc4)c3c2)S(=O)(=O)C2CCCCC2)CC1. The van der Waals surface area contributed by atoms with Crippen LogP contribution in [0, 0.1) is 0 Å². The zero-order chi connectivity index (χ0) is 34.3. The van der Waals surface area contributed by atoms with Crippen LogP contribution in [0.5, 0.6) is 0 Å². The van der Waals surface area contributed by atoms with Gasteiger partial charge in [-0.2, -0.15) is 14.6 Å².